The van der Waals surface area contributed by atoms with Gasteiger partial charge in [-0.25, -0.2) is 0 Å². The van der Waals surface area contributed by atoms with E-state index in [-0.39, 0.29) is 11.7 Å². The van der Waals surface area contributed by atoms with E-state index in [1.165, 1.54) is 7.11 Å². The number of aromatic hydroxyl groups is 1. The van der Waals surface area contributed by atoms with Gasteiger partial charge in [-0.3, -0.25) is 0 Å². The lowest BCUT2D eigenvalue weighted by Gasteiger charge is -2.17. The zero-order valence-electron chi connectivity index (χ0n) is 11.6. The fourth-order valence-corrected chi connectivity index (χ4v) is 2.98. The van der Waals surface area contributed by atoms with Crippen LogP contribution in [0.25, 0.3) is 0 Å². The second kappa shape index (κ2) is 7.03. The Morgan fingerprint density at radius 1 is 1.14 bits per heavy atom. The highest BCUT2D eigenvalue weighted by Crippen LogP contribution is 2.35. The van der Waals surface area contributed by atoms with Crippen LogP contribution in [0.1, 0.15) is 17.0 Å². The smallest absolute Gasteiger partial charge is 0.156 e. The van der Waals surface area contributed by atoms with Crippen LogP contribution < -0.4 is 10.5 Å². The minimum atomic E-state index is 0.131. The normalized spacial score (nSPS) is 12.2. The molecule has 112 valence electrons. The highest BCUT2D eigenvalue weighted by molar-refractivity contribution is 6.37. The summed E-state index contributed by atoms with van der Waals surface area (Å²) < 4.78 is 5.14. The molecule has 0 spiro atoms. The molecule has 0 aliphatic heterocycles. The SMILES string of the molecule is COc1c(Cl)cc(CC(CN)c2ccc(O)cc2)cc1Cl. The Kier molecular flexibility index (Phi) is 5.34. The Bertz CT molecular complexity index is 591. The van der Waals surface area contributed by atoms with Crippen molar-refractivity contribution in [3.63, 3.8) is 0 Å². The molecule has 2 aromatic carbocycles. The molecule has 2 aromatic rings. The summed E-state index contributed by atoms with van der Waals surface area (Å²) >= 11 is 12.3. The van der Waals surface area contributed by atoms with Crippen molar-refractivity contribution in [2.45, 2.75) is 12.3 Å². The highest BCUT2D eigenvalue weighted by atomic mass is 35.5. The number of rotatable bonds is 5. The second-order valence-corrected chi connectivity index (χ2v) is 5.64. The number of hydrogen-bond donors (Lipinski definition) is 2. The summed E-state index contributed by atoms with van der Waals surface area (Å²) in [5.41, 5.74) is 7.93. The van der Waals surface area contributed by atoms with Crippen molar-refractivity contribution in [1.82, 2.24) is 0 Å². The Balaban J connectivity index is 2.24. The average molecular weight is 326 g/mol. The number of ether oxygens (including phenoxy) is 1. The fraction of sp³-hybridized carbons (Fsp3) is 0.250. The van der Waals surface area contributed by atoms with Gasteiger partial charge in [-0.05, 0) is 48.4 Å². The lowest BCUT2D eigenvalue weighted by Crippen LogP contribution is -2.15. The number of methoxy groups -OCH3 is 1. The van der Waals surface area contributed by atoms with E-state index in [0.717, 1.165) is 11.1 Å². The number of nitrogens with two attached hydrogens (primary N) is 1. The second-order valence-electron chi connectivity index (χ2n) is 4.82. The van der Waals surface area contributed by atoms with Gasteiger partial charge in [0.1, 0.15) is 5.75 Å². The maximum absolute atomic E-state index is 9.35. The predicted molar refractivity (Wildman–Crippen MR) is 86.6 cm³/mol. The Hall–Kier alpha value is -1.42. The van der Waals surface area contributed by atoms with Gasteiger partial charge >= 0.3 is 0 Å². The summed E-state index contributed by atoms with van der Waals surface area (Å²) in [4.78, 5) is 0. The van der Waals surface area contributed by atoms with E-state index >= 15 is 0 Å². The molecule has 0 saturated carbocycles. The first-order chi connectivity index (χ1) is 10.0. The van der Waals surface area contributed by atoms with Crippen molar-refractivity contribution < 1.29 is 9.84 Å². The van der Waals surface area contributed by atoms with Crippen LogP contribution in [0.3, 0.4) is 0 Å². The molecule has 0 aliphatic rings. The lowest BCUT2D eigenvalue weighted by atomic mass is 9.92. The van der Waals surface area contributed by atoms with Gasteiger partial charge in [-0.15, -0.1) is 0 Å². The van der Waals surface area contributed by atoms with Gasteiger partial charge < -0.3 is 15.6 Å². The van der Waals surface area contributed by atoms with Crippen LogP contribution in [0.2, 0.25) is 10.0 Å². The van der Waals surface area contributed by atoms with Crippen LogP contribution >= 0.6 is 23.2 Å². The maximum atomic E-state index is 9.35. The van der Waals surface area contributed by atoms with Gasteiger partial charge in [0.2, 0.25) is 0 Å². The molecule has 1 atom stereocenters. The van der Waals surface area contributed by atoms with Gasteiger partial charge in [0.15, 0.2) is 5.75 Å². The summed E-state index contributed by atoms with van der Waals surface area (Å²) in [5.74, 6) is 0.854. The molecular formula is C16H17Cl2NO2. The third kappa shape index (κ3) is 3.82. The van der Waals surface area contributed by atoms with Crippen LogP contribution in [0.4, 0.5) is 0 Å². The molecule has 0 aliphatic carbocycles. The molecule has 1 unspecified atom stereocenters. The standard InChI is InChI=1S/C16H17Cl2NO2/c1-21-16-14(17)7-10(8-15(16)18)6-12(9-19)11-2-4-13(20)5-3-11/h2-5,7-8,12,20H,6,9,19H2,1H3. The zero-order valence-corrected chi connectivity index (χ0v) is 13.2. The van der Waals surface area contributed by atoms with Crippen LogP contribution in [-0.2, 0) is 6.42 Å². The molecule has 0 saturated heterocycles. The number of benzene rings is 2. The van der Waals surface area contributed by atoms with Crippen molar-refractivity contribution in [3.8, 4) is 11.5 Å². The molecule has 2 rings (SSSR count). The van der Waals surface area contributed by atoms with Gasteiger partial charge in [0, 0.05) is 5.92 Å². The molecule has 0 bridgehead atoms. The van der Waals surface area contributed by atoms with E-state index in [2.05, 4.69) is 0 Å². The quantitative estimate of drug-likeness (QED) is 0.873. The van der Waals surface area contributed by atoms with Crippen molar-refractivity contribution in [1.29, 1.82) is 0 Å². The Labute approximate surface area is 134 Å². The van der Waals surface area contributed by atoms with Crippen LogP contribution in [0, 0.1) is 0 Å². The van der Waals surface area contributed by atoms with Crippen LogP contribution in [0.5, 0.6) is 11.5 Å². The van der Waals surface area contributed by atoms with Gasteiger partial charge in [0.05, 0.1) is 17.2 Å². The molecule has 0 aromatic heterocycles. The maximum Gasteiger partial charge on any atom is 0.156 e. The third-order valence-corrected chi connectivity index (χ3v) is 3.95. The first-order valence-corrected chi connectivity index (χ1v) is 7.31. The predicted octanol–water partition coefficient (Wildman–Crippen LogP) is 3.99. The van der Waals surface area contributed by atoms with Crippen LogP contribution in [-0.4, -0.2) is 18.8 Å². The van der Waals surface area contributed by atoms with E-state index in [1.807, 2.05) is 24.3 Å². The summed E-state index contributed by atoms with van der Waals surface area (Å²) in [6.07, 6.45) is 0.713. The summed E-state index contributed by atoms with van der Waals surface area (Å²) in [5, 5.41) is 10.3. The first-order valence-electron chi connectivity index (χ1n) is 6.56. The summed E-state index contributed by atoms with van der Waals surface area (Å²) in [6.45, 7) is 0.492. The van der Waals surface area contributed by atoms with E-state index in [4.69, 9.17) is 33.7 Å². The van der Waals surface area contributed by atoms with Crippen molar-refractivity contribution in [2.75, 3.05) is 13.7 Å². The topological polar surface area (TPSA) is 55.5 Å². The average Bonchev–Trinajstić information content (AvgIpc) is 2.45. The van der Waals surface area contributed by atoms with Gasteiger partial charge in [-0.1, -0.05) is 35.3 Å². The van der Waals surface area contributed by atoms with Crippen molar-refractivity contribution in [3.05, 3.63) is 57.6 Å². The van der Waals surface area contributed by atoms with E-state index < -0.39 is 0 Å². The molecule has 3 nitrogen and oxygen atoms in total. The third-order valence-electron chi connectivity index (χ3n) is 3.39. The number of phenolic OH excluding ortho intramolecular Hbond substituents is 1. The molecule has 0 radical (unpaired) electrons. The monoisotopic (exact) mass is 325 g/mol. The van der Waals surface area contributed by atoms with Crippen molar-refractivity contribution >= 4 is 23.2 Å². The van der Waals surface area contributed by atoms with E-state index in [9.17, 15) is 5.11 Å². The zero-order chi connectivity index (χ0) is 15.4. The first kappa shape index (κ1) is 16.0. The molecule has 0 fully saturated rings. The molecule has 21 heavy (non-hydrogen) atoms. The fourth-order valence-electron chi connectivity index (χ4n) is 2.29. The number of phenols is 1. The van der Waals surface area contributed by atoms with Gasteiger partial charge in [0.25, 0.3) is 0 Å². The minimum Gasteiger partial charge on any atom is -0.508 e. The number of hydrogen-bond acceptors (Lipinski definition) is 3. The van der Waals surface area contributed by atoms with Crippen LogP contribution in [0.15, 0.2) is 36.4 Å². The Morgan fingerprint density at radius 2 is 1.71 bits per heavy atom. The Morgan fingerprint density at radius 3 is 2.19 bits per heavy atom. The number of halogens is 2. The van der Waals surface area contributed by atoms with Crippen molar-refractivity contribution in [2.24, 2.45) is 5.73 Å². The molecule has 3 N–H and O–H groups in total. The highest BCUT2D eigenvalue weighted by Gasteiger charge is 2.14. The summed E-state index contributed by atoms with van der Waals surface area (Å²) in [7, 11) is 1.53. The molecule has 0 amide bonds. The molecule has 0 heterocycles. The lowest BCUT2D eigenvalue weighted by molar-refractivity contribution is 0.415. The molecule has 5 heteroatoms. The minimum absolute atomic E-state index is 0.131. The van der Waals surface area contributed by atoms with E-state index in [1.54, 1.807) is 12.1 Å². The largest absolute Gasteiger partial charge is 0.508 e. The molecular weight excluding hydrogens is 309 g/mol. The van der Waals surface area contributed by atoms with Gasteiger partial charge in [-0.2, -0.15) is 0 Å². The van der Waals surface area contributed by atoms with E-state index in [0.29, 0.717) is 28.8 Å². The summed E-state index contributed by atoms with van der Waals surface area (Å²) in [6, 6.07) is 10.8.